The maximum absolute atomic E-state index is 12.8. The average molecular weight is 389 g/mol. The van der Waals surface area contributed by atoms with Gasteiger partial charge < -0.3 is 10.6 Å². The molecule has 2 saturated heterocycles. The van der Waals surface area contributed by atoms with E-state index in [1.54, 1.807) is 28.6 Å². The third kappa shape index (κ3) is 4.71. The van der Waals surface area contributed by atoms with Gasteiger partial charge in [-0.15, -0.1) is 12.4 Å². The number of carbonyl (C=O) groups excluding carboxylic acids is 1. The molecule has 0 saturated carbocycles. The Morgan fingerprint density at radius 3 is 2.40 bits per heavy atom. The van der Waals surface area contributed by atoms with Crippen molar-refractivity contribution in [3.05, 3.63) is 24.3 Å². The summed E-state index contributed by atoms with van der Waals surface area (Å²) in [4.78, 5) is 13.7. The number of sulfonamides is 1. The second-order valence-corrected chi connectivity index (χ2v) is 8.24. The van der Waals surface area contributed by atoms with Gasteiger partial charge in [0, 0.05) is 57.9 Å². The standard InChI is InChI=1S/C16H24N4O3S.ClH/c1-13(21)18-14-2-4-16(5-3-14)24(22,23)20-9-6-15(12-20)19-10-7-17-8-11-19;/h2-5,15,17H,6-12H2,1H3,(H,18,21);1H. The van der Waals surface area contributed by atoms with Crippen LogP contribution in [-0.2, 0) is 14.8 Å². The van der Waals surface area contributed by atoms with E-state index in [1.165, 1.54) is 6.92 Å². The van der Waals surface area contributed by atoms with Gasteiger partial charge in [-0.2, -0.15) is 4.31 Å². The van der Waals surface area contributed by atoms with Crippen LogP contribution in [-0.4, -0.2) is 68.8 Å². The molecule has 1 aromatic carbocycles. The predicted molar refractivity (Wildman–Crippen MR) is 99.6 cm³/mol. The highest BCUT2D eigenvalue weighted by Gasteiger charge is 2.35. The zero-order valence-corrected chi connectivity index (χ0v) is 15.9. The molecular weight excluding hydrogens is 364 g/mol. The molecule has 25 heavy (non-hydrogen) atoms. The van der Waals surface area contributed by atoms with E-state index in [0.29, 0.717) is 24.8 Å². The molecular formula is C16H25ClN4O3S. The normalized spacial score (nSPS) is 22.4. The van der Waals surface area contributed by atoms with Crippen molar-refractivity contribution < 1.29 is 13.2 Å². The molecule has 9 heteroatoms. The van der Waals surface area contributed by atoms with Crippen LogP contribution in [0.25, 0.3) is 0 Å². The van der Waals surface area contributed by atoms with E-state index in [9.17, 15) is 13.2 Å². The largest absolute Gasteiger partial charge is 0.326 e. The lowest BCUT2D eigenvalue weighted by Crippen LogP contribution is -2.49. The number of halogens is 1. The molecule has 1 amide bonds. The number of carbonyl (C=O) groups is 1. The first-order valence-corrected chi connectivity index (χ1v) is 9.73. The fourth-order valence-corrected chi connectivity index (χ4v) is 4.83. The smallest absolute Gasteiger partial charge is 0.243 e. The number of hydrogen-bond acceptors (Lipinski definition) is 5. The number of benzene rings is 1. The summed E-state index contributed by atoms with van der Waals surface area (Å²) in [5.74, 6) is -0.177. The van der Waals surface area contributed by atoms with E-state index in [0.717, 1.165) is 32.6 Å². The maximum Gasteiger partial charge on any atom is 0.243 e. The van der Waals surface area contributed by atoms with Gasteiger partial charge in [0.2, 0.25) is 15.9 Å². The van der Waals surface area contributed by atoms with Crippen molar-refractivity contribution in [2.75, 3.05) is 44.6 Å². The van der Waals surface area contributed by atoms with Crippen LogP contribution in [0.15, 0.2) is 29.2 Å². The van der Waals surface area contributed by atoms with Crippen molar-refractivity contribution in [3.63, 3.8) is 0 Å². The summed E-state index contributed by atoms with van der Waals surface area (Å²) in [6, 6.07) is 6.66. The van der Waals surface area contributed by atoms with Crippen LogP contribution in [0.1, 0.15) is 13.3 Å². The maximum atomic E-state index is 12.8. The summed E-state index contributed by atoms with van der Waals surface area (Å²) in [6.07, 6.45) is 0.878. The summed E-state index contributed by atoms with van der Waals surface area (Å²) in [5.41, 5.74) is 0.599. The van der Waals surface area contributed by atoms with Gasteiger partial charge in [0.1, 0.15) is 0 Å². The molecule has 140 valence electrons. The number of piperazine rings is 1. The third-order valence-corrected chi connectivity index (χ3v) is 6.49. The number of hydrogen-bond donors (Lipinski definition) is 2. The summed E-state index contributed by atoms with van der Waals surface area (Å²) >= 11 is 0. The van der Waals surface area contributed by atoms with Crippen LogP contribution in [0.3, 0.4) is 0 Å². The molecule has 7 nitrogen and oxygen atoms in total. The highest BCUT2D eigenvalue weighted by Crippen LogP contribution is 2.24. The fourth-order valence-electron chi connectivity index (χ4n) is 3.34. The van der Waals surface area contributed by atoms with Crippen molar-refractivity contribution in [2.24, 2.45) is 0 Å². The first-order valence-electron chi connectivity index (χ1n) is 8.29. The van der Waals surface area contributed by atoms with Crippen molar-refractivity contribution in [1.82, 2.24) is 14.5 Å². The number of anilines is 1. The van der Waals surface area contributed by atoms with Crippen LogP contribution in [0, 0.1) is 0 Å². The first-order chi connectivity index (χ1) is 11.5. The van der Waals surface area contributed by atoms with Crippen molar-refractivity contribution >= 4 is 34.0 Å². The van der Waals surface area contributed by atoms with E-state index in [1.807, 2.05) is 0 Å². The lowest BCUT2D eigenvalue weighted by Gasteiger charge is -2.32. The van der Waals surface area contributed by atoms with E-state index in [-0.39, 0.29) is 23.2 Å². The number of rotatable bonds is 4. The Labute approximate surface area is 155 Å². The van der Waals surface area contributed by atoms with Crippen molar-refractivity contribution in [3.8, 4) is 0 Å². The molecule has 2 N–H and O–H groups in total. The third-order valence-electron chi connectivity index (χ3n) is 4.61. The minimum absolute atomic E-state index is 0. The van der Waals surface area contributed by atoms with Gasteiger partial charge in [-0.25, -0.2) is 8.42 Å². The van der Waals surface area contributed by atoms with Crippen LogP contribution in [0.5, 0.6) is 0 Å². The molecule has 1 unspecified atom stereocenters. The van der Waals surface area contributed by atoms with E-state index >= 15 is 0 Å². The molecule has 2 heterocycles. The molecule has 2 aliphatic heterocycles. The van der Waals surface area contributed by atoms with Crippen molar-refractivity contribution in [1.29, 1.82) is 0 Å². The van der Waals surface area contributed by atoms with Crippen LogP contribution in [0.2, 0.25) is 0 Å². The Morgan fingerprint density at radius 2 is 1.80 bits per heavy atom. The van der Waals surface area contributed by atoms with Gasteiger partial charge in [0.15, 0.2) is 0 Å². The molecule has 3 rings (SSSR count). The Kier molecular flexibility index (Phi) is 6.81. The van der Waals surface area contributed by atoms with Gasteiger partial charge in [-0.3, -0.25) is 9.69 Å². The minimum atomic E-state index is -3.48. The summed E-state index contributed by atoms with van der Waals surface area (Å²) in [7, 11) is -3.48. The molecule has 1 aromatic rings. The first kappa shape index (κ1) is 20.1. The second kappa shape index (κ2) is 8.46. The Morgan fingerprint density at radius 1 is 1.16 bits per heavy atom. The second-order valence-electron chi connectivity index (χ2n) is 6.30. The van der Waals surface area contributed by atoms with Gasteiger partial charge in [-0.05, 0) is 30.7 Å². The molecule has 0 spiro atoms. The summed E-state index contributed by atoms with van der Waals surface area (Å²) in [5, 5.41) is 5.96. The average Bonchev–Trinajstić information content (AvgIpc) is 3.06. The van der Waals surface area contributed by atoms with Crippen LogP contribution < -0.4 is 10.6 Å². The SMILES string of the molecule is CC(=O)Nc1ccc(S(=O)(=O)N2CCC(N3CCNCC3)C2)cc1.Cl. The fraction of sp³-hybridized carbons (Fsp3) is 0.562. The van der Waals surface area contributed by atoms with Gasteiger partial charge in [0.25, 0.3) is 0 Å². The number of nitrogens with zero attached hydrogens (tertiary/aromatic N) is 2. The van der Waals surface area contributed by atoms with E-state index < -0.39 is 10.0 Å². The highest BCUT2D eigenvalue weighted by molar-refractivity contribution is 7.89. The number of amides is 1. The Hall–Kier alpha value is -1.19. The molecule has 0 aromatic heterocycles. The molecule has 2 fully saturated rings. The van der Waals surface area contributed by atoms with Crippen molar-refractivity contribution in [2.45, 2.75) is 24.3 Å². The van der Waals surface area contributed by atoms with Crippen LogP contribution >= 0.6 is 12.4 Å². The van der Waals surface area contributed by atoms with Gasteiger partial charge >= 0.3 is 0 Å². The van der Waals surface area contributed by atoms with E-state index in [2.05, 4.69) is 15.5 Å². The van der Waals surface area contributed by atoms with Gasteiger partial charge in [0.05, 0.1) is 4.90 Å². The quantitative estimate of drug-likeness (QED) is 0.794. The highest BCUT2D eigenvalue weighted by atomic mass is 35.5. The summed E-state index contributed by atoms with van der Waals surface area (Å²) in [6.45, 7) is 6.42. The zero-order chi connectivity index (χ0) is 17.2. The molecule has 0 bridgehead atoms. The lowest BCUT2D eigenvalue weighted by molar-refractivity contribution is -0.114. The van der Waals surface area contributed by atoms with E-state index in [4.69, 9.17) is 0 Å². The molecule has 0 radical (unpaired) electrons. The topological polar surface area (TPSA) is 81.8 Å². The lowest BCUT2D eigenvalue weighted by atomic mass is 10.2. The Balaban J connectivity index is 0.00000225. The minimum Gasteiger partial charge on any atom is -0.326 e. The van der Waals surface area contributed by atoms with Gasteiger partial charge in [-0.1, -0.05) is 0 Å². The number of nitrogens with one attached hydrogen (secondary N) is 2. The Bertz CT molecular complexity index is 690. The predicted octanol–water partition coefficient (Wildman–Crippen LogP) is 0.735. The monoisotopic (exact) mass is 388 g/mol. The van der Waals surface area contributed by atoms with Crippen LogP contribution in [0.4, 0.5) is 5.69 Å². The molecule has 1 atom stereocenters. The molecule has 2 aliphatic rings. The summed E-state index contributed by atoms with van der Waals surface area (Å²) < 4.78 is 27.2. The molecule has 0 aliphatic carbocycles. The zero-order valence-electron chi connectivity index (χ0n) is 14.3.